The van der Waals surface area contributed by atoms with Gasteiger partial charge in [0, 0.05) is 29.6 Å². The maximum atomic E-state index is 12.5. The van der Waals surface area contributed by atoms with Gasteiger partial charge in [0.2, 0.25) is 5.91 Å². The first-order chi connectivity index (χ1) is 15.5. The Morgan fingerprint density at radius 1 is 1.06 bits per heavy atom. The smallest absolute Gasteiger partial charge is 0.271 e. The van der Waals surface area contributed by atoms with Gasteiger partial charge in [0.05, 0.1) is 27.1 Å². The van der Waals surface area contributed by atoms with Gasteiger partial charge in [-0.05, 0) is 18.2 Å². The fourth-order valence-corrected chi connectivity index (χ4v) is 4.04. The van der Waals surface area contributed by atoms with Crippen LogP contribution < -0.4 is 5.32 Å². The van der Waals surface area contributed by atoms with Gasteiger partial charge in [-0.3, -0.25) is 19.5 Å². The van der Waals surface area contributed by atoms with Crippen LogP contribution in [0.2, 0.25) is 5.02 Å². The fourth-order valence-electron chi connectivity index (χ4n) is 3.02. The van der Waals surface area contributed by atoms with Crippen LogP contribution in [0.15, 0.2) is 90.2 Å². The SMILES string of the molecule is O=C(CSc1nc(-c2ccccc2)cn1-c1ccccc1)Nc1ccc([N+](=O)[O-])cc1Cl. The molecule has 3 aromatic carbocycles. The molecule has 0 bridgehead atoms. The summed E-state index contributed by atoms with van der Waals surface area (Å²) >= 11 is 7.36. The van der Waals surface area contributed by atoms with Crippen molar-refractivity contribution in [2.45, 2.75) is 5.16 Å². The Balaban J connectivity index is 1.53. The standard InChI is InChI=1S/C23H17ClN4O3S/c24-19-13-18(28(30)31)11-12-20(19)25-22(29)15-32-23-26-21(16-7-3-1-4-8-16)14-27(23)17-9-5-2-6-10-17/h1-14H,15H2,(H,25,29). The molecule has 0 saturated carbocycles. The summed E-state index contributed by atoms with van der Waals surface area (Å²) in [4.78, 5) is 27.6. The first kappa shape index (κ1) is 21.6. The van der Waals surface area contributed by atoms with Crippen LogP contribution in [0.5, 0.6) is 0 Å². The number of aromatic nitrogens is 2. The molecule has 1 aromatic heterocycles. The van der Waals surface area contributed by atoms with E-state index in [1.807, 2.05) is 71.4 Å². The quantitative estimate of drug-likeness (QED) is 0.211. The number of nitro groups is 1. The molecule has 0 spiro atoms. The van der Waals surface area contributed by atoms with Crippen molar-refractivity contribution in [3.05, 3.63) is 100 Å². The Labute approximate surface area is 193 Å². The predicted molar refractivity (Wildman–Crippen MR) is 126 cm³/mol. The van der Waals surface area contributed by atoms with Gasteiger partial charge in [0.1, 0.15) is 0 Å². The van der Waals surface area contributed by atoms with Crippen molar-refractivity contribution in [2.75, 3.05) is 11.1 Å². The van der Waals surface area contributed by atoms with E-state index in [-0.39, 0.29) is 22.4 Å². The monoisotopic (exact) mass is 464 g/mol. The number of nitro benzene ring substituents is 1. The lowest BCUT2D eigenvalue weighted by atomic mass is 10.2. The number of amides is 1. The summed E-state index contributed by atoms with van der Waals surface area (Å²) in [6, 6.07) is 23.5. The molecule has 1 N–H and O–H groups in total. The molecular weight excluding hydrogens is 448 g/mol. The molecule has 0 atom stereocenters. The highest BCUT2D eigenvalue weighted by atomic mass is 35.5. The average molecular weight is 465 g/mol. The van der Waals surface area contributed by atoms with Crippen molar-refractivity contribution >= 4 is 40.6 Å². The highest BCUT2D eigenvalue weighted by molar-refractivity contribution is 7.99. The van der Waals surface area contributed by atoms with Gasteiger partial charge in [0.15, 0.2) is 5.16 Å². The van der Waals surface area contributed by atoms with Crippen LogP contribution in [0, 0.1) is 10.1 Å². The van der Waals surface area contributed by atoms with E-state index in [1.165, 1.54) is 30.0 Å². The van der Waals surface area contributed by atoms with Gasteiger partial charge in [-0.25, -0.2) is 4.98 Å². The number of imidazole rings is 1. The minimum Gasteiger partial charge on any atom is -0.324 e. The first-order valence-electron chi connectivity index (χ1n) is 9.58. The molecule has 0 aliphatic rings. The third-order valence-electron chi connectivity index (χ3n) is 4.55. The summed E-state index contributed by atoms with van der Waals surface area (Å²) in [5, 5.41) is 14.3. The number of carbonyl (C=O) groups excluding carboxylic acids is 1. The summed E-state index contributed by atoms with van der Waals surface area (Å²) in [5.41, 5.74) is 2.89. The Morgan fingerprint density at radius 3 is 2.41 bits per heavy atom. The van der Waals surface area contributed by atoms with Crippen molar-refractivity contribution < 1.29 is 9.72 Å². The third kappa shape index (κ3) is 4.99. The molecule has 9 heteroatoms. The zero-order chi connectivity index (χ0) is 22.5. The number of halogens is 1. The zero-order valence-corrected chi connectivity index (χ0v) is 18.2. The minimum absolute atomic E-state index is 0.0887. The molecule has 4 rings (SSSR count). The maximum Gasteiger partial charge on any atom is 0.271 e. The van der Waals surface area contributed by atoms with Crippen LogP contribution in [0.25, 0.3) is 16.9 Å². The molecule has 0 radical (unpaired) electrons. The van der Waals surface area contributed by atoms with E-state index >= 15 is 0 Å². The Bertz CT molecular complexity index is 1260. The van der Waals surface area contributed by atoms with E-state index in [9.17, 15) is 14.9 Å². The largest absolute Gasteiger partial charge is 0.324 e. The fraction of sp³-hybridized carbons (Fsp3) is 0.0435. The summed E-state index contributed by atoms with van der Waals surface area (Å²) in [6.45, 7) is 0. The van der Waals surface area contributed by atoms with Crippen LogP contribution in [-0.2, 0) is 4.79 Å². The molecule has 0 saturated heterocycles. The average Bonchev–Trinajstić information content (AvgIpc) is 3.24. The van der Waals surface area contributed by atoms with E-state index < -0.39 is 4.92 Å². The van der Waals surface area contributed by atoms with Crippen LogP contribution in [0.1, 0.15) is 0 Å². The molecule has 0 unspecified atom stereocenters. The van der Waals surface area contributed by atoms with Gasteiger partial charge in [-0.15, -0.1) is 0 Å². The summed E-state index contributed by atoms with van der Waals surface area (Å²) in [6.07, 6.45) is 1.94. The number of thioether (sulfide) groups is 1. The summed E-state index contributed by atoms with van der Waals surface area (Å²) in [7, 11) is 0. The van der Waals surface area contributed by atoms with E-state index in [2.05, 4.69) is 5.32 Å². The van der Waals surface area contributed by atoms with Crippen molar-refractivity contribution in [2.24, 2.45) is 0 Å². The number of hydrogen-bond donors (Lipinski definition) is 1. The van der Waals surface area contributed by atoms with Crippen LogP contribution in [0.4, 0.5) is 11.4 Å². The molecular formula is C23H17ClN4O3S. The lowest BCUT2D eigenvalue weighted by molar-refractivity contribution is -0.384. The van der Waals surface area contributed by atoms with E-state index in [0.717, 1.165) is 16.9 Å². The van der Waals surface area contributed by atoms with Gasteiger partial charge < -0.3 is 5.32 Å². The normalized spacial score (nSPS) is 10.7. The molecule has 32 heavy (non-hydrogen) atoms. The second-order valence-corrected chi connectivity index (χ2v) is 8.09. The second kappa shape index (κ2) is 9.67. The van der Waals surface area contributed by atoms with E-state index in [0.29, 0.717) is 10.8 Å². The van der Waals surface area contributed by atoms with Crippen LogP contribution in [-0.4, -0.2) is 26.1 Å². The number of carbonyl (C=O) groups is 1. The Hall–Kier alpha value is -3.62. The molecule has 1 amide bonds. The lowest BCUT2D eigenvalue weighted by Crippen LogP contribution is -2.15. The van der Waals surface area contributed by atoms with Crippen molar-refractivity contribution in [3.63, 3.8) is 0 Å². The molecule has 1 heterocycles. The molecule has 0 aliphatic heterocycles. The first-order valence-corrected chi connectivity index (χ1v) is 10.9. The Morgan fingerprint density at radius 2 is 1.75 bits per heavy atom. The number of benzene rings is 3. The van der Waals surface area contributed by atoms with Crippen molar-refractivity contribution in [1.82, 2.24) is 9.55 Å². The topological polar surface area (TPSA) is 90.1 Å². The molecule has 160 valence electrons. The second-order valence-electron chi connectivity index (χ2n) is 6.74. The van der Waals surface area contributed by atoms with E-state index in [1.54, 1.807) is 0 Å². The van der Waals surface area contributed by atoms with Gasteiger partial charge in [-0.2, -0.15) is 0 Å². The number of nitrogens with one attached hydrogen (secondary N) is 1. The highest BCUT2D eigenvalue weighted by Gasteiger charge is 2.15. The number of nitrogens with zero attached hydrogens (tertiary/aromatic N) is 3. The van der Waals surface area contributed by atoms with Gasteiger partial charge in [0.25, 0.3) is 5.69 Å². The Kier molecular flexibility index (Phi) is 6.53. The van der Waals surface area contributed by atoms with Crippen molar-refractivity contribution in [1.29, 1.82) is 0 Å². The van der Waals surface area contributed by atoms with Crippen LogP contribution in [0.3, 0.4) is 0 Å². The number of rotatable bonds is 7. The number of non-ortho nitro benzene ring substituents is 1. The third-order valence-corrected chi connectivity index (χ3v) is 5.81. The minimum atomic E-state index is -0.541. The lowest BCUT2D eigenvalue weighted by Gasteiger charge is -2.08. The molecule has 0 aliphatic carbocycles. The predicted octanol–water partition coefficient (Wildman–Crippen LogP) is 5.83. The maximum absolute atomic E-state index is 12.5. The summed E-state index contributed by atoms with van der Waals surface area (Å²) in [5.74, 6) is -0.208. The molecule has 4 aromatic rings. The molecule has 7 nitrogen and oxygen atoms in total. The van der Waals surface area contributed by atoms with Gasteiger partial charge in [-0.1, -0.05) is 71.9 Å². The molecule has 0 fully saturated rings. The summed E-state index contributed by atoms with van der Waals surface area (Å²) < 4.78 is 1.94. The van der Waals surface area contributed by atoms with E-state index in [4.69, 9.17) is 16.6 Å². The van der Waals surface area contributed by atoms with Gasteiger partial charge >= 0.3 is 0 Å². The number of para-hydroxylation sites is 1. The van der Waals surface area contributed by atoms with Crippen molar-refractivity contribution in [3.8, 4) is 16.9 Å². The zero-order valence-electron chi connectivity index (χ0n) is 16.6. The highest BCUT2D eigenvalue weighted by Crippen LogP contribution is 2.29. The number of hydrogen-bond acceptors (Lipinski definition) is 5. The number of anilines is 1. The van der Waals surface area contributed by atoms with Crippen LogP contribution >= 0.6 is 23.4 Å².